The van der Waals surface area contributed by atoms with Crippen LogP contribution in [-0.2, 0) is 15.1 Å². The minimum atomic E-state index is -1.45. The molecule has 1 unspecified atom stereocenters. The van der Waals surface area contributed by atoms with Gasteiger partial charge < -0.3 is 14.3 Å². The monoisotopic (exact) mass is 350 g/mol. The highest BCUT2D eigenvalue weighted by atomic mass is 32.1. The standard InChI is InChI=1S/C19H28NO3S/c1-20-10-8-14(9-11-20)16(13-20)23-18(21)19(22,15-5-2-3-6-15)17-7-4-12-24-17/h4,7,12,14-16,22H,2-3,5-6,8-11,13H2,1H3/q+1/t14?,16-,19?,20?/m0/s1. The molecule has 1 N–H and O–H groups in total. The van der Waals surface area contributed by atoms with Crippen LogP contribution in [0.4, 0.5) is 0 Å². The van der Waals surface area contributed by atoms with Crippen molar-refractivity contribution in [2.75, 3.05) is 26.7 Å². The summed E-state index contributed by atoms with van der Waals surface area (Å²) >= 11 is 1.47. The Morgan fingerprint density at radius 1 is 1.29 bits per heavy atom. The average Bonchev–Trinajstić information content (AvgIpc) is 3.28. The van der Waals surface area contributed by atoms with Gasteiger partial charge in [-0.15, -0.1) is 11.3 Å². The van der Waals surface area contributed by atoms with Gasteiger partial charge in [0.05, 0.1) is 20.1 Å². The molecule has 3 saturated heterocycles. The van der Waals surface area contributed by atoms with Gasteiger partial charge in [0.1, 0.15) is 6.54 Å². The Morgan fingerprint density at radius 2 is 2.00 bits per heavy atom. The minimum absolute atomic E-state index is 0.00509. The van der Waals surface area contributed by atoms with Crippen LogP contribution in [0.15, 0.2) is 17.5 Å². The smallest absolute Gasteiger partial charge is 0.344 e. The molecular formula is C19H28NO3S+. The summed E-state index contributed by atoms with van der Waals surface area (Å²) in [5.74, 6) is 0.0711. The van der Waals surface area contributed by atoms with E-state index in [1.54, 1.807) is 0 Å². The molecule has 0 radical (unpaired) electrons. The lowest BCUT2D eigenvalue weighted by molar-refractivity contribution is -0.928. The summed E-state index contributed by atoms with van der Waals surface area (Å²) < 4.78 is 7.00. The molecule has 24 heavy (non-hydrogen) atoms. The maximum atomic E-state index is 13.1. The van der Waals surface area contributed by atoms with Gasteiger partial charge in [0.15, 0.2) is 11.7 Å². The Kier molecular flexibility index (Phi) is 4.22. The number of ether oxygens (including phenoxy) is 1. The zero-order valence-corrected chi connectivity index (χ0v) is 15.3. The summed E-state index contributed by atoms with van der Waals surface area (Å²) in [5.41, 5.74) is -1.45. The van der Waals surface area contributed by atoms with Crippen molar-refractivity contribution >= 4 is 17.3 Å². The van der Waals surface area contributed by atoms with Crippen LogP contribution in [-0.4, -0.2) is 48.3 Å². The Bertz CT molecular complexity index is 588. The van der Waals surface area contributed by atoms with Crippen LogP contribution in [0.2, 0.25) is 0 Å². The third-order valence-corrected chi connectivity index (χ3v) is 7.63. The molecule has 132 valence electrons. The van der Waals surface area contributed by atoms with E-state index < -0.39 is 11.6 Å². The van der Waals surface area contributed by atoms with E-state index in [-0.39, 0.29) is 12.0 Å². The highest BCUT2D eigenvalue weighted by molar-refractivity contribution is 7.10. The van der Waals surface area contributed by atoms with Crippen molar-refractivity contribution in [1.29, 1.82) is 0 Å². The summed E-state index contributed by atoms with van der Waals surface area (Å²) in [6, 6.07) is 3.79. The van der Waals surface area contributed by atoms with Crippen LogP contribution >= 0.6 is 11.3 Å². The van der Waals surface area contributed by atoms with Gasteiger partial charge in [-0.05, 0) is 24.3 Å². The van der Waals surface area contributed by atoms with Gasteiger partial charge in [0.2, 0.25) is 0 Å². The second-order valence-corrected chi connectivity index (χ2v) is 9.20. The van der Waals surface area contributed by atoms with Crippen LogP contribution in [0.1, 0.15) is 43.4 Å². The fourth-order valence-corrected chi connectivity index (χ4v) is 5.91. The molecule has 1 aliphatic carbocycles. The Hall–Kier alpha value is -0.910. The van der Waals surface area contributed by atoms with Gasteiger partial charge in [-0.1, -0.05) is 18.9 Å². The fourth-order valence-electron chi connectivity index (χ4n) is 5.02. The van der Waals surface area contributed by atoms with E-state index in [0.717, 1.165) is 54.4 Å². The van der Waals surface area contributed by atoms with Gasteiger partial charge in [-0.25, -0.2) is 4.79 Å². The number of carbonyl (C=O) groups excluding carboxylic acids is 1. The molecule has 1 aromatic rings. The molecule has 4 heterocycles. The maximum absolute atomic E-state index is 13.1. The number of aliphatic hydroxyl groups is 1. The first-order chi connectivity index (χ1) is 11.5. The molecule has 4 fully saturated rings. The molecule has 5 heteroatoms. The third kappa shape index (κ3) is 2.71. The molecule has 1 aromatic heterocycles. The van der Waals surface area contributed by atoms with Crippen molar-refractivity contribution in [2.24, 2.45) is 11.8 Å². The fraction of sp³-hybridized carbons (Fsp3) is 0.737. The van der Waals surface area contributed by atoms with Gasteiger partial charge in [-0.3, -0.25) is 0 Å². The number of hydrogen-bond acceptors (Lipinski definition) is 4. The molecule has 5 rings (SSSR count). The van der Waals surface area contributed by atoms with E-state index >= 15 is 0 Å². The quantitative estimate of drug-likeness (QED) is 0.671. The topological polar surface area (TPSA) is 46.5 Å². The SMILES string of the molecule is C[N+]12CCC(CC1)[C@@H](OC(=O)C(O)(c1cccs1)C1CCCC1)C2. The predicted molar refractivity (Wildman–Crippen MR) is 93.6 cm³/mol. The zero-order valence-electron chi connectivity index (χ0n) is 14.4. The molecule has 0 aromatic carbocycles. The van der Waals surface area contributed by atoms with Gasteiger partial charge in [0, 0.05) is 29.6 Å². The van der Waals surface area contributed by atoms with Crippen LogP contribution in [0.5, 0.6) is 0 Å². The lowest BCUT2D eigenvalue weighted by Gasteiger charge is -2.50. The molecule has 0 spiro atoms. The van der Waals surface area contributed by atoms with Crippen molar-refractivity contribution < 1.29 is 19.1 Å². The molecule has 2 atom stereocenters. The first kappa shape index (κ1) is 16.6. The van der Waals surface area contributed by atoms with Crippen molar-refractivity contribution in [3.63, 3.8) is 0 Å². The summed E-state index contributed by atoms with van der Waals surface area (Å²) in [5, 5.41) is 13.4. The van der Waals surface area contributed by atoms with E-state index in [1.165, 1.54) is 24.4 Å². The largest absolute Gasteiger partial charge is 0.454 e. The first-order valence-electron chi connectivity index (χ1n) is 9.32. The van der Waals surface area contributed by atoms with Gasteiger partial charge in [0.25, 0.3) is 0 Å². The highest BCUT2D eigenvalue weighted by Crippen LogP contribution is 2.44. The number of likely N-dealkylation sites (N-methyl/N-ethyl adjacent to an activating group) is 1. The van der Waals surface area contributed by atoms with E-state index in [1.807, 2.05) is 17.5 Å². The maximum Gasteiger partial charge on any atom is 0.344 e. The third-order valence-electron chi connectivity index (χ3n) is 6.64. The second kappa shape index (κ2) is 6.11. The number of quaternary nitrogens is 1. The van der Waals surface area contributed by atoms with E-state index in [4.69, 9.17) is 4.74 Å². The van der Waals surface area contributed by atoms with Gasteiger partial charge >= 0.3 is 5.97 Å². The predicted octanol–water partition coefficient (Wildman–Crippen LogP) is 2.91. The average molecular weight is 351 g/mol. The Balaban J connectivity index is 1.56. The van der Waals surface area contributed by atoms with E-state index in [2.05, 4.69) is 7.05 Å². The van der Waals surface area contributed by atoms with Crippen LogP contribution in [0.25, 0.3) is 0 Å². The number of carbonyl (C=O) groups is 1. The molecule has 1 saturated carbocycles. The molecule has 3 aliphatic heterocycles. The lowest BCUT2D eigenvalue weighted by atomic mass is 9.82. The zero-order chi connectivity index (χ0) is 16.8. The van der Waals surface area contributed by atoms with Crippen molar-refractivity contribution in [1.82, 2.24) is 0 Å². The molecule has 2 bridgehead atoms. The number of fused-ring (bicyclic) bond motifs is 3. The van der Waals surface area contributed by atoms with Crippen molar-refractivity contribution in [3.05, 3.63) is 22.4 Å². The van der Waals surface area contributed by atoms with Crippen LogP contribution in [0.3, 0.4) is 0 Å². The van der Waals surface area contributed by atoms with Gasteiger partial charge in [-0.2, -0.15) is 0 Å². The molecule has 4 nitrogen and oxygen atoms in total. The minimum Gasteiger partial charge on any atom is -0.454 e. The summed E-state index contributed by atoms with van der Waals surface area (Å²) in [6.45, 7) is 3.29. The Morgan fingerprint density at radius 3 is 2.58 bits per heavy atom. The van der Waals surface area contributed by atoms with Crippen LogP contribution in [0, 0.1) is 11.8 Å². The number of hydrogen-bond donors (Lipinski definition) is 1. The highest BCUT2D eigenvalue weighted by Gasteiger charge is 2.52. The molecule has 4 aliphatic rings. The normalized spacial score (nSPS) is 35.8. The van der Waals surface area contributed by atoms with Crippen molar-refractivity contribution in [3.8, 4) is 0 Å². The number of rotatable bonds is 4. The van der Waals surface area contributed by atoms with E-state index in [9.17, 15) is 9.90 Å². The lowest BCUT2D eigenvalue weighted by Crippen LogP contribution is -2.63. The van der Waals surface area contributed by atoms with Crippen molar-refractivity contribution in [2.45, 2.75) is 50.2 Å². The molecule has 0 amide bonds. The molecular weight excluding hydrogens is 322 g/mol. The number of piperidine rings is 3. The number of esters is 1. The Labute approximate surface area is 148 Å². The first-order valence-corrected chi connectivity index (χ1v) is 10.2. The summed E-state index contributed by atoms with van der Waals surface area (Å²) in [7, 11) is 2.26. The van der Waals surface area contributed by atoms with Crippen LogP contribution < -0.4 is 0 Å². The van der Waals surface area contributed by atoms with E-state index in [0.29, 0.717) is 5.92 Å². The number of nitrogens with zero attached hydrogens (tertiary/aromatic N) is 1. The summed E-state index contributed by atoms with van der Waals surface area (Å²) in [6.07, 6.45) is 6.23. The second-order valence-electron chi connectivity index (χ2n) is 8.26. The summed E-state index contributed by atoms with van der Waals surface area (Å²) in [4.78, 5) is 13.9. The number of thiophene rings is 1.